The number of hydrogen-bond donors (Lipinski definition) is 1. The van der Waals surface area contributed by atoms with Crippen molar-refractivity contribution in [2.45, 2.75) is 0 Å². The van der Waals surface area contributed by atoms with Crippen molar-refractivity contribution in [1.29, 1.82) is 0 Å². The van der Waals surface area contributed by atoms with E-state index in [9.17, 15) is 15.2 Å². The van der Waals surface area contributed by atoms with Crippen LogP contribution in [0, 0.1) is 10.1 Å². The molecule has 1 N–H and O–H groups in total. The zero-order chi connectivity index (χ0) is 15.4. The minimum Gasteiger partial charge on any atom is -0.507 e. The molecule has 6 heteroatoms. The molecule has 6 nitrogen and oxygen atoms in total. The number of phenols is 1. The first-order valence-corrected chi connectivity index (χ1v) is 6.26. The Bertz CT molecular complexity index is 679. The molecular weight excluding hydrogens is 270 g/mol. The molecule has 0 fully saturated rings. The molecule has 0 radical (unpaired) electrons. The number of nitro groups is 1. The first-order chi connectivity index (χ1) is 9.97. The number of anilines is 1. The largest absolute Gasteiger partial charge is 0.507 e. The highest BCUT2D eigenvalue weighted by atomic mass is 16.6. The molecule has 0 aliphatic heterocycles. The standard InChI is InChI=1S/C15H15N3O3/c1-17(2)14-6-3-11(15(19)9-14)10-16-12-4-7-13(8-5-12)18(20)21/h3-10,19H,1-2H3. The minimum atomic E-state index is -0.459. The maximum Gasteiger partial charge on any atom is 0.269 e. The maximum atomic E-state index is 10.6. The first-order valence-electron chi connectivity index (χ1n) is 6.26. The van der Waals surface area contributed by atoms with Gasteiger partial charge >= 0.3 is 0 Å². The molecule has 0 unspecified atom stereocenters. The summed E-state index contributed by atoms with van der Waals surface area (Å²) >= 11 is 0. The third kappa shape index (κ3) is 3.56. The third-order valence-electron chi connectivity index (χ3n) is 2.94. The SMILES string of the molecule is CN(C)c1ccc(C=Nc2ccc([N+](=O)[O-])cc2)c(O)c1. The lowest BCUT2D eigenvalue weighted by Crippen LogP contribution is -2.08. The zero-order valence-electron chi connectivity index (χ0n) is 11.7. The van der Waals surface area contributed by atoms with Crippen LogP contribution in [0.3, 0.4) is 0 Å². The molecule has 2 aromatic rings. The summed E-state index contributed by atoms with van der Waals surface area (Å²) < 4.78 is 0. The van der Waals surface area contributed by atoms with Crippen LogP contribution in [0.15, 0.2) is 47.5 Å². The van der Waals surface area contributed by atoms with Crippen molar-refractivity contribution >= 4 is 23.3 Å². The highest BCUT2D eigenvalue weighted by molar-refractivity contribution is 5.86. The van der Waals surface area contributed by atoms with Crippen molar-refractivity contribution in [2.75, 3.05) is 19.0 Å². The van der Waals surface area contributed by atoms with Gasteiger partial charge in [-0.3, -0.25) is 15.1 Å². The topological polar surface area (TPSA) is 79.0 Å². The Balaban J connectivity index is 2.19. The fourth-order valence-electron chi connectivity index (χ4n) is 1.72. The van der Waals surface area contributed by atoms with Gasteiger partial charge in [0.05, 0.1) is 10.6 Å². The molecule has 0 saturated carbocycles. The monoisotopic (exact) mass is 285 g/mol. The number of nitro benzene ring substituents is 1. The number of nitrogens with zero attached hydrogens (tertiary/aromatic N) is 3. The van der Waals surface area contributed by atoms with E-state index in [1.807, 2.05) is 25.1 Å². The lowest BCUT2D eigenvalue weighted by Gasteiger charge is -2.12. The predicted molar refractivity (Wildman–Crippen MR) is 82.8 cm³/mol. The van der Waals surface area contributed by atoms with Crippen LogP contribution in [0.1, 0.15) is 5.56 Å². The molecule has 0 spiro atoms. The molecular formula is C15H15N3O3. The Hall–Kier alpha value is -2.89. The van der Waals surface area contributed by atoms with Gasteiger partial charge in [-0.2, -0.15) is 0 Å². The van der Waals surface area contributed by atoms with E-state index in [2.05, 4.69) is 4.99 Å². The van der Waals surface area contributed by atoms with Crippen molar-refractivity contribution in [3.05, 3.63) is 58.1 Å². The molecule has 108 valence electrons. The molecule has 0 aromatic heterocycles. The molecule has 2 rings (SSSR count). The van der Waals surface area contributed by atoms with Crippen LogP contribution in [-0.2, 0) is 0 Å². The number of non-ortho nitro benzene ring substituents is 1. The number of phenolic OH excluding ortho intramolecular Hbond substituents is 1. The van der Waals surface area contributed by atoms with E-state index in [0.717, 1.165) is 5.69 Å². The summed E-state index contributed by atoms with van der Waals surface area (Å²) in [5.41, 5.74) is 2.07. The Morgan fingerprint density at radius 2 is 1.86 bits per heavy atom. The average molecular weight is 285 g/mol. The summed E-state index contributed by atoms with van der Waals surface area (Å²) in [7, 11) is 3.78. The van der Waals surface area contributed by atoms with E-state index in [4.69, 9.17) is 0 Å². The highest BCUT2D eigenvalue weighted by Gasteiger charge is 2.04. The van der Waals surface area contributed by atoms with Gasteiger partial charge in [0.1, 0.15) is 5.75 Å². The number of benzene rings is 2. The van der Waals surface area contributed by atoms with Gasteiger partial charge < -0.3 is 10.0 Å². The van der Waals surface area contributed by atoms with Crippen molar-refractivity contribution in [3.8, 4) is 5.75 Å². The molecule has 0 heterocycles. The molecule has 0 atom stereocenters. The number of aliphatic imine (C=N–C) groups is 1. The summed E-state index contributed by atoms with van der Waals surface area (Å²) in [5, 5.41) is 20.5. The van der Waals surface area contributed by atoms with Gasteiger partial charge in [-0.1, -0.05) is 0 Å². The van der Waals surface area contributed by atoms with Crippen molar-refractivity contribution < 1.29 is 10.0 Å². The highest BCUT2D eigenvalue weighted by Crippen LogP contribution is 2.23. The van der Waals surface area contributed by atoms with Gasteiger partial charge in [0, 0.05) is 49.8 Å². The van der Waals surface area contributed by atoms with Crippen LogP contribution in [0.4, 0.5) is 17.1 Å². The van der Waals surface area contributed by atoms with Gasteiger partial charge in [-0.25, -0.2) is 0 Å². The van der Waals surface area contributed by atoms with Crippen molar-refractivity contribution in [2.24, 2.45) is 4.99 Å². The third-order valence-corrected chi connectivity index (χ3v) is 2.94. The number of rotatable bonds is 4. The van der Waals surface area contributed by atoms with Crippen LogP contribution >= 0.6 is 0 Å². The predicted octanol–water partition coefficient (Wildman–Crippen LogP) is 3.12. The van der Waals surface area contributed by atoms with E-state index >= 15 is 0 Å². The fraction of sp³-hybridized carbons (Fsp3) is 0.133. The number of aromatic hydroxyl groups is 1. The first kappa shape index (κ1) is 14.5. The molecule has 0 saturated heterocycles. The van der Waals surface area contributed by atoms with Gasteiger partial charge in [0.25, 0.3) is 5.69 Å². The van der Waals surface area contributed by atoms with E-state index in [1.54, 1.807) is 24.3 Å². The summed E-state index contributed by atoms with van der Waals surface area (Å²) in [5.74, 6) is 0.131. The van der Waals surface area contributed by atoms with Gasteiger partial charge in [-0.05, 0) is 24.3 Å². The van der Waals surface area contributed by atoms with E-state index < -0.39 is 4.92 Å². The number of hydrogen-bond acceptors (Lipinski definition) is 5. The van der Waals surface area contributed by atoms with Crippen LogP contribution in [0.5, 0.6) is 5.75 Å². The van der Waals surface area contributed by atoms with E-state index in [-0.39, 0.29) is 11.4 Å². The Labute approximate surface area is 122 Å². The zero-order valence-corrected chi connectivity index (χ0v) is 11.7. The average Bonchev–Trinajstić information content (AvgIpc) is 2.46. The molecule has 0 bridgehead atoms. The quantitative estimate of drug-likeness (QED) is 0.532. The maximum absolute atomic E-state index is 10.6. The van der Waals surface area contributed by atoms with Crippen LogP contribution in [0.2, 0.25) is 0 Å². The normalized spacial score (nSPS) is 10.8. The molecule has 0 aliphatic rings. The minimum absolute atomic E-state index is 0.0205. The second kappa shape index (κ2) is 6.04. The second-order valence-corrected chi connectivity index (χ2v) is 4.67. The molecule has 21 heavy (non-hydrogen) atoms. The summed E-state index contributed by atoms with van der Waals surface area (Å²) in [6, 6.07) is 11.2. The lowest BCUT2D eigenvalue weighted by atomic mass is 10.2. The van der Waals surface area contributed by atoms with E-state index in [0.29, 0.717) is 11.3 Å². The Morgan fingerprint density at radius 1 is 1.19 bits per heavy atom. The lowest BCUT2D eigenvalue weighted by molar-refractivity contribution is -0.384. The second-order valence-electron chi connectivity index (χ2n) is 4.67. The van der Waals surface area contributed by atoms with Crippen molar-refractivity contribution in [3.63, 3.8) is 0 Å². The van der Waals surface area contributed by atoms with E-state index in [1.165, 1.54) is 18.3 Å². The molecule has 2 aromatic carbocycles. The fourth-order valence-corrected chi connectivity index (χ4v) is 1.72. The van der Waals surface area contributed by atoms with Crippen LogP contribution in [0.25, 0.3) is 0 Å². The van der Waals surface area contributed by atoms with Crippen LogP contribution in [-0.4, -0.2) is 30.3 Å². The van der Waals surface area contributed by atoms with Gasteiger partial charge in [0.15, 0.2) is 0 Å². The summed E-state index contributed by atoms with van der Waals surface area (Å²) in [4.78, 5) is 16.2. The Kier molecular flexibility index (Phi) is 4.18. The summed E-state index contributed by atoms with van der Waals surface area (Å²) in [6.45, 7) is 0. The van der Waals surface area contributed by atoms with Crippen LogP contribution < -0.4 is 4.90 Å². The van der Waals surface area contributed by atoms with Gasteiger partial charge in [0.2, 0.25) is 0 Å². The molecule has 0 amide bonds. The van der Waals surface area contributed by atoms with Gasteiger partial charge in [-0.15, -0.1) is 0 Å². The smallest absolute Gasteiger partial charge is 0.269 e. The molecule has 0 aliphatic carbocycles. The van der Waals surface area contributed by atoms with Crippen molar-refractivity contribution in [1.82, 2.24) is 0 Å². The Morgan fingerprint density at radius 3 is 2.38 bits per heavy atom. The summed E-state index contributed by atoms with van der Waals surface area (Å²) in [6.07, 6.45) is 1.52.